The van der Waals surface area contributed by atoms with Gasteiger partial charge in [-0.05, 0) is 63.6 Å². The Hall–Kier alpha value is -1.15. The van der Waals surface area contributed by atoms with Crippen LogP contribution in [-0.4, -0.2) is 50.9 Å². The molecule has 28 heavy (non-hydrogen) atoms. The van der Waals surface area contributed by atoms with Gasteiger partial charge in [-0.2, -0.15) is 4.31 Å². The number of quaternary nitrogens is 1. The summed E-state index contributed by atoms with van der Waals surface area (Å²) in [5.41, 5.74) is 0.367. The van der Waals surface area contributed by atoms with Gasteiger partial charge in [0.05, 0.1) is 28.7 Å². The topological polar surface area (TPSA) is 70.9 Å². The van der Waals surface area contributed by atoms with Crippen LogP contribution in [0.4, 0.5) is 5.69 Å². The van der Waals surface area contributed by atoms with Crippen molar-refractivity contribution in [3.63, 3.8) is 0 Å². The van der Waals surface area contributed by atoms with E-state index in [9.17, 15) is 13.2 Å². The largest absolute Gasteiger partial charge is 0.325 e. The minimum atomic E-state index is -3.56. The molecule has 3 rings (SSSR count). The first kappa shape index (κ1) is 21.6. The van der Waals surface area contributed by atoms with Crippen LogP contribution in [0, 0.1) is 0 Å². The molecular formula is C20H31ClN3O3S+. The highest BCUT2D eigenvalue weighted by molar-refractivity contribution is 7.89. The van der Waals surface area contributed by atoms with Crippen molar-refractivity contribution >= 4 is 33.2 Å². The fourth-order valence-electron chi connectivity index (χ4n) is 4.06. The number of likely N-dealkylation sites (tertiary alicyclic amines) is 1. The monoisotopic (exact) mass is 428 g/mol. The van der Waals surface area contributed by atoms with Gasteiger partial charge in [-0.25, -0.2) is 8.42 Å². The van der Waals surface area contributed by atoms with Crippen molar-refractivity contribution in [2.75, 3.05) is 31.5 Å². The molecule has 2 N–H and O–H groups in total. The lowest BCUT2D eigenvalue weighted by molar-refractivity contribution is -0.913. The van der Waals surface area contributed by atoms with Gasteiger partial charge in [0.1, 0.15) is 0 Å². The molecule has 6 nitrogen and oxygen atoms in total. The molecule has 2 fully saturated rings. The molecule has 0 bridgehead atoms. The van der Waals surface area contributed by atoms with Crippen molar-refractivity contribution in [2.45, 2.75) is 62.8 Å². The van der Waals surface area contributed by atoms with E-state index < -0.39 is 10.0 Å². The molecule has 0 aromatic heterocycles. The maximum atomic E-state index is 12.9. The number of piperidine rings is 1. The summed E-state index contributed by atoms with van der Waals surface area (Å²) in [6.45, 7) is 5.00. The Labute approximate surface area is 173 Å². The Bertz CT molecular complexity index is 786. The van der Waals surface area contributed by atoms with E-state index >= 15 is 0 Å². The molecule has 0 saturated carbocycles. The number of anilines is 1. The molecule has 156 valence electrons. The third-order valence-electron chi connectivity index (χ3n) is 5.90. The lowest BCUT2D eigenvalue weighted by Crippen LogP contribution is -3.16. The van der Waals surface area contributed by atoms with Crippen molar-refractivity contribution in [1.29, 1.82) is 0 Å². The summed E-state index contributed by atoms with van der Waals surface area (Å²) in [7, 11) is -3.56. The van der Waals surface area contributed by atoms with Gasteiger partial charge in [0.25, 0.3) is 5.91 Å². The van der Waals surface area contributed by atoms with Gasteiger partial charge in [0.2, 0.25) is 10.0 Å². The number of carbonyl (C=O) groups is 1. The molecule has 0 radical (unpaired) electrons. The Balaban J connectivity index is 1.74. The minimum Gasteiger partial charge on any atom is -0.325 e. The van der Waals surface area contributed by atoms with E-state index in [0.29, 0.717) is 23.8 Å². The maximum Gasteiger partial charge on any atom is 0.282 e. The number of halogens is 1. The molecule has 2 aliphatic rings. The normalized spacial score (nSPS) is 21.1. The van der Waals surface area contributed by atoms with Crippen LogP contribution in [-0.2, 0) is 14.8 Å². The number of sulfonamides is 1. The van der Waals surface area contributed by atoms with E-state index in [0.717, 1.165) is 45.2 Å². The van der Waals surface area contributed by atoms with Crippen LogP contribution in [0.25, 0.3) is 0 Å². The Morgan fingerprint density at radius 2 is 1.68 bits per heavy atom. The van der Waals surface area contributed by atoms with Gasteiger partial charge in [-0.15, -0.1) is 0 Å². The van der Waals surface area contributed by atoms with Gasteiger partial charge in [0.15, 0.2) is 6.04 Å². The van der Waals surface area contributed by atoms with Crippen LogP contribution >= 0.6 is 11.6 Å². The fourth-order valence-corrected chi connectivity index (χ4v) is 5.77. The van der Waals surface area contributed by atoms with Crippen LogP contribution in [0.5, 0.6) is 0 Å². The number of amides is 1. The van der Waals surface area contributed by atoms with E-state index in [4.69, 9.17) is 11.6 Å². The van der Waals surface area contributed by atoms with Crippen LogP contribution in [0.3, 0.4) is 0 Å². The SMILES string of the molecule is C[C@@H](C(=O)Nc1cc(S(=O)(=O)N2CCCCC2)ccc1Cl)[NH+]1CCCCCC1. The molecule has 2 aliphatic heterocycles. The fraction of sp³-hybridized carbons (Fsp3) is 0.650. The molecule has 2 heterocycles. The lowest BCUT2D eigenvalue weighted by Gasteiger charge is -2.26. The number of benzene rings is 1. The van der Waals surface area contributed by atoms with Crippen molar-refractivity contribution < 1.29 is 18.1 Å². The second kappa shape index (κ2) is 9.57. The van der Waals surface area contributed by atoms with Gasteiger partial charge in [-0.3, -0.25) is 4.79 Å². The van der Waals surface area contributed by atoms with Gasteiger partial charge in [-0.1, -0.05) is 18.0 Å². The quantitative estimate of drug-likeness (QED) is 0.755. The highest BCUT2D eigenvalue weighted by Gasteiger charge is 2.29. The van der Waals surface area contributed by atoms with E-state index in [-0.39, 0.29) is 16.8 Å². The number of carbonyl (C=O) groups excluding carboxylic acids is 1. The van der Waals surface area contributed by atoms with Crippen LogP contribution < -0.4 is 10.2 Å². The third kappa shape index (κ3) is 5.06. The number of nitrogens with zero attached hydrogens (tertiary/aromatic N) is 1. The number of nitrogens with one attached hydrogen (secondary N) is 2. The summed E-state index contributed by atoms with van der Waals surface area (Å²) in [5.74, 6) is -0.119. The van der Waals surface area contributed by atoms with Gasteiger partial charge < -0.3 is 10.2 Å². The first-order valence-electron chi connectivity index (χ1n) is 10.3. The van der Waals surface area contributed by atoms with Crippen molar-refractivity contribution in [3.05, 3.63) is 23.2 Å². The van der Waals surface area contributed by atoms with Gasteiger partial charge >= 0.3 is 0 Å². The third-order valence-corrected chi connectivity index (χ3v) is 8.12. The van der Waals surface area contributed by atoms with E-state index in [1.165, 1.54) is 34.2 Å². The predicted octanol–water partition coefficient (Wildman–Crippen LogP) is 2.30. The van der Waals surface area contributed by atoms with Crippen LogP contribution in [0.2, 0.25) is 5.02 Å². The lowest BCUT2D eigenvalue weighted by atomic mass is 10.2. The highest BCUT2D eigenvalue weighted by atomic mass is 35.5. The molecule has 0 unspecified atom stereocenters. The van der Waals surface area contributed by atoms with Crippen LogP contribution in [0.15, 0.2) is 23.1 Å². The minimum absolute atomic E-state index is 0.119. The zero-order valence-electron chi connectivity index (χ0n) is 16.5. The summed E-state index contributed by atoms with van der Waals surface area (Å²) >= 11 is 6.26. The standard InChI is InChI=1S/C20H30ClN3O3S/c1-16(23-11-5-2-3-6-12-23)20(25)22-19-15-17(9-10-18(19)21)28(26,27)24-13-7-4-8-14-24/h9-10,15-16H,2-8,11-14H2,1H3,(H,22,25)/p+1/t16-/m0/s1. The Morgan fingerprint density at radius 1 is 1.07 bits per heavy atom. The molecule has 1 atom stereocenters. The molecule has 2 saturated heterocycles. The summed E-state index contributed by atoms with van der Waals surface area (Å²) in [4.78, 5) is 14.3. The summed E-state index contributed by atoms with van der Waals surface area (Å²) in [6, 6.07) is 4.37. The average Bonchev–Trinajstić information content (AvgIpc) is 2.99. The van der Waals surface area contributed by atoms with Crippen molar-refractivity contribution in [3.8, 4) is 0 Å². The number of rotatable bonds is 5. The van der Waals surface area contributed by atoms with Crippen molar-refractivity contribution in [2.24, 2.45) is 0 Å². The highest BCUT2D eigenvalue weighted by Crippen LogP contribution is 2.28. The molecule has 1 aromatic carbocycles. The summed E-state index contributed by atoms with van der Waals surface area (Å²) < 4.78 is 27.4. The zero-order chi connectivity index (χ0) is 20.1. The second-order valence-electron chi connectivity index (χ2n) is 7.89. The molecule has 0 aliphatic carbocycles. The maximum absolute atomic E-state index is 12.9. The first-order valence-corrected chi connectivity index (χ1v) is 12.2. The second-order valence-corrected chi connectivity index (χ2v) is 10.2. The molecule has 1 amide bonds. The van der Waals surface area contributed by atoms with Gasteiger partial charge in [0, 0.05) is 13.1 Å². The Kier molecular flexibility index (Phi) is 7.36. The van der Waals surface area contributed by atoms with E-state index in [1.807, 2.05) is 6.92 Å². The number of hydrogen-bond acceptors (Lipinski definition) is 3. The average molecular weight is 429 g/mol. The van der Waals surface area contributed by atoms with Crippen LogP contribution in [0.1, 0.15) is 51.9 Å². The number of hydrogen-bond donors (Lipinski definition) is 2. The predicted molar refractivity (Wildman–Crippen MR) is 111 cm³/mol. The van der Waals surface area contributed by atoms with E-state index in [2.05, 4.69) is 5.32 Å². The first-order chi connectivity index (χ1) is 13.4. The smallest absolute Gasteiger partial charge is 0.282 e. The van der Waals surface area contributed by atoms with E-state index in [1.54, 1.807) is 6.07 Å². The molecule has 1 aromatic rings. The molecule has 0 spiro atoms. The summed E-state index contributed by atoms with van der Waals surface area (Å²) in [5, 5.41) is 3.22. The summed E-state index contributed by atoms with van der Waals surface area (Å²) in [6.07, 6.45) is 7.54. The molecule has 8 heteroatoms. The zero-order valence-corrected chi connectivity index (χ0v) is 18.1. The Morgan fingerprint density at radius 3 is 2.32 bits per heavy atom. The molecular weight excluding hydrogens is 398 g/mol. The van der Waals surface area contributed by atoms with Crippen molar-refractivity contribution in [1.82, 2.24) is 4.31 Å².